The number of ether oxygens (including phenoxy) is 1. The van der Waals surface area contributed by atoms with Crippen LogP contribution < -0.4 is 10.2 Å². The van der Waals surface area contributed by atoms with E-state index in [0.29, 0.717) is 12.1 Å². The van der Waals surface area contributed by atoms with E-state index in [9.17, 15) is 0 Å². The third-order valence-corrected chi connectivity index (χ3v) is 3.95. The second-order valence-corrected chi connectivity index (χ2v) is 5.82. The molecular formula is C14H21BrN2O. The second kappa shape index (κ2) is 6.04. The van der Waals surface area contributed by atoms with Crippen molar-refractivity contribution < 1.29 is 4.74 Å². The number of hydrogen-bond acceptors (Lipinski definition) is 3. The molecule has 3 nitrogen and oxygen atoms in total. The summed E-state index contributed by atoms with van der Waals surface area (Å²) >= 11 is 3.69. The van der Waals surface area contributed by atoms with E-state index in [0.717, 1.165) is 24.2 Å². The van der Waals surface area contributed by atoms with Crippen molar-refractivity contribution in [3.63, 3.8) is 0 Å². The number of hydrogen-bond donors (Lipinski definition) is 1. The molecule has 1 N–H and O–H groups in total. The molecule has 1 fully saturated rings. The number of rotatable bonds is 3. The van der Waals surface area contributed by atoms with Crippen LogP contribution in [0.5, 0.6) is 0 Å². The minimum Gasteiger partial charge on any atom is -0.375 e. The largest absolute Gasteiger partial charge is 0.375 e. The van der Waals surface area contributed by atoms with E-state index in [4.69, 9.17) is 4.74 Å². The quantitative estimate of drug-likeness (QED) is 0.929. The number of nitrogens with one attached hydrogen (secondary N) is 1. The molecule has 0 aliphatic carbocycles. The van der Waals surface area contributed by atoms with Gasteiger partial charge in [0, 0.05) is 23.6 Å². The van der Waals surface area contributed by atoms with Crippen molar-refractivity contribution in [2.45, 2.75) is 32.5 Å². The summed E-state index contributed by atoms with van der Waals surface area (Å²) in [6, 6.07) is 7.00. The average Bonchev–Trinajstić information content (AvgIpc) is 2.33. The van der Waals surface area contributed by atoms with E-state index >= 15 is 0 Å². The van der Waals surface area contributed by atoms with E-state index < -0.39 is 0 Å². The molecule has 1 heterocycles. The lowest BCUT2D eigenvalue weighted by Crippen LogP contribution is -2.47. The lowest BCUT2D eigenvalue weighted by Gasteiger charge is -2.39. The van der Waals surface area contributed by atoms with Gasteiger partial charge in [0.25, 0.3) is 0 Å². The van der Waals surface area contributed by atoms with Crippen LogP contribution >= 0.6 is 15.9 Å². The SMILES string of the molecule is CNCc1ccc(N2CC(C)OCC2C)c(Br)c1. The first-order valence-corrected chi connectivity index (χ1v) is 7.22. The zero-order chi connectivity index (χ0) is 13.1. The smallest absolute Gasteiger partial charge is 0.0723 e. The minimum atomic E-state index is 0.296. The number of morpholine rings is 1. The summed E-state index contributed by atoms with van der Waals surface area (Å²) in [7, 11) is 1.97. The predicted octanol–water partition coefficient (Wildman–Crippen LogP) is 2.78. The monoisotopic (exact) mass is 312 g/mol. The summed E-state index contributed by atoms with van der Waals surface area (Å²) in [5.74, 6) is 0. The first-order valence-electron chi connectivity index (χ1n) is 6.43. The van der Waals surface area contributed by atoms with Crippen molar-refractivity contribution in [3.05, 3.63) is 28.2 Å². The van der Waals surface area contributed by atoms with Gasteiger partial charge in [-0.05, 0) is 54.5 Å². The molecule has 2 unspecified atom stereocenters. The lowest BCUT2D eigenvalue weighted by molar-refractivity contribution is 0.0343. The summed E-state index contributed by atoms with van der Waals surface area (Å²) in [5.41, 5.74) is 2.56. The third kappa shape index (κ3) is 3.05. The van der Waals surface area contributed by atoms with Gasteiger partial charge in [-0.1, -0.05) is 6.07 Å². The van der Waals surface area contributed by atoms with E-state index in [1.165, 1.54) is 11.3 Å². The first kappa shape index (κ1) is 13.8. The maximum atomic E-state index is 5.68. The molecule has 0 amide bonds. The molecule has 2 atom stereocenters. The van der Waals surface area contributed by atoms with Gasteiger partial charge in [-0.2, -0.15) is 0 Å². The fourth-order valence-corrected chi connectivity index (χ4v) is 2.99. The van der Waals surface area contributed by atoms with Gasteiger partial charge in [-0.25, -0.2) is 0 Å². The van der Waals surface area contributed by atoms with E-state index in [1.807, 2.05) is 7.05 Å². The number of nitrogens with zero attached hydrogens (tertiary/aromatic N) is 1. The Morgan fingerprint density at radius 1 is 1.44 bits per heavy atom. The van der Waals surface area contributed by atoms with E-state index in [1.54, 1.807) is 0 Å². The van der Waals surface area contributed by atoms with Crippen molar-refractivity contribution in [1.29, 1.82) is 0 Å². The zero-order valence-electron chi connectivity index (χ0n) is 11.2. The number of anilines is 1. The van der Waals surface area contributed by atoms with Gasteiger partial charge in [0.2, 0.25) is 0 Å². The average molecular weight is 313 g/mol. The van der Waals surface area contributed by atoms with Crippen molar-refractivity contribution in [2.75, 3.05) is 25.1 Å². The van der Waals surface area contributed by atoms with E-state index in [2.05, 4.69) is 58.2 Å². The van der Waals surface area contributed by atoms with Crippen molar-refractivity contribution >= 4 is 21.6 Å². The molecule has 0 spiro atoms. The predicted molar refractivity (Wildman–Crippen MR) is 79.1 cm³/mol. The Labute approximate surface area is 118 Å². The summed E-state index contributed by atoms with van der Waals surface area (Å²) in [4.78, 5) is 2.42. The molecule has 0 bridgehead atoms. The van der Waals surface area contributed by atoms with Crippen LogP contribution in [0, 0.1) is 0 Å². The van der Waals surface area contributed by atoms with Crippen molar-refractivity contribution in [1.82, 2.24) is 5.32 Å². The lowest BCUT2D eigenvalue weighted by atomic mass is 10.1. The Balaban J connectivity index is 2.21. The first-order chi connectivity index (χ1) is 8.61. The fourth-order valence-electron chi connectivity index (χ4n) is 2.34. The van der Waals surface area contributed by atoms with Crippen LogP contribution in [0.2, 0.25) is 0 Å². The topological polar surface area (TPSA) is 24.5 Å². The highest BCUT2D eigenvalue weighted by molar-refractivity contribution is 9.10. The molecule has 0 saturated carbocycles. The summed E-state index contributed by atoms with van der Waals surface area (Å²) in [5, 5.41) is 3.17. The molecule has 1 aromatic carbocycles. The molecule has 0 aromatic heterocycles. The molecule has 1 aliphatic rings. The Hall–Kier alpha value is -0.580. The number of benzene rings is 1. The maximum absolute atomic E-state index is 5.68. The van der Waals surface area contributed by atoms with Gasteiger partial charge in [-0.15, -0.1) is 0 Å². The normalized spacial score (nSPS) is 24.3. The van der Waals surface area contributed by atoms with Gasteiger partial charge >= 0.3 is 0 Å². The zero-order valence-corrected chi connectivity index (χ0v) is 12.8. The highest BCUT2D eigenvalue weighted by Crippen LogP contribution is 2.30. The highest BCUT2D eigenvalue weighted by Gasteiger charge is 2.24. The van der Waals surface area contributed by atoms with Crippen LogP contribution in [0.1, 0.15) is 19.4 Å². The summed E-state index contributed by atoms with van der Waals surface area (Å²) in [6.45, 7) is 6.98. The van der Waals surface area contributed by atoms with Gasteiger partial charge < -0.3 is 15.0 Å². The highest BCUT2D eigenvalue weighted by atomic mass is 79.9. The third-order valence-electron chi connectivity index (χ3n) is 3.31. The van der Waals surface area contributed by atoms with Gasteiger partial charge in [0.05, 0.1) is 18.4 Å². The van der Waals surface area contributed by atoms with Crippen LogP contribution in [0.4, 0.5) is 5.69 Å². The van der Waals surface area contributed by atoms with Crippen LogP contribution in [0.15, 0.2) is 22.7 Å². The summed E-state index contributed by atoms with van der Waals surface area (Å²) < 4.78 is 6.84. The molecule has 18 heavy (non-hydrogen) atoms. The Bertz CT molecular complexity index is 411. The van der Waals surface area contributed by atoms with Gasteiger partial charge in [0.15, 0.2) is 0 Å². The van der Waals surface area contributed by atoms with Gasteiger partial charge in [0.1, 0.15) is 0 Å². The summed E-state index contributed by atoms with van der Waals surface area (Å²) in [6.07, 6.45) is 0.296. The Morgan fingerprint density at radius 3 is 2.89 bits per heavy atom. The molecular weight excluding hydrogens is 292 g/mol. The van der Waals surface area contributed by atoms with Crippen LogP contribution in [0.25, 0.3) is 0 Å². The molecule has 1 aromatic rings. The second-order valence-electron chi connectivity index (χ2n) is 4.96. The van der Waals surface area contributed by atoms with Crippen LogP contribution in [-0.2, 0) is 11.3 Å². The Morgan fingerprint density at radius 2 is 2.22 bits per heavy atom. The molecule has 1 saturated heterocycles. The molecule has 1 aliphatic heterocycles. The standard InChI is InChI=1S/C14H21BrN2O/c1-10-9-18-11(2)8-17(10)14-5-4-12(7-16-3)6-13(14)15/h4-6,10-11,16H,7-9H2,1-3H3. The fraction of sp³-hybridized carbons (Fsp3) is 0.571. The molecule has 2 rings (SSSR count). The van der Waals surface area contributed by atoms with Crippen LogP contribution in [0.3, 0.4) is 0 Å². The van der Waals surface area contributed by atoms with Gasteiger partial charge in [-0.3, -0.25) is 0 Å². The Kier molecular flexibility index (Phi) is 4.65. The minimum absolute atomic E-state index is 0.296. The molecule has 100 valence electrons. The van der Waals surface area contributed by atoms with E-state index in [-0.39, 0.29) is 0 Å². The van der Waals surface area contributed by atoms with Crippen molar-refractivity contribution in [3.8, 4) is 0 Å². The van der Waals surface area contributed by atoms with Crippen molar-refractivity contribution in [2.24, 2.45) is 0 Å². The maximum Gasteiger partial charge on any atom is 0.0723 e. The molecule has 0 radical (unpaired) electrons. The number of halogens is 1. The molecule has 4 heteroatoms. The van der Waals surface area contributed by atoms with Crippen LogP contribution in [-0.4, -0.2) is 32.3 Å².